The molecule has 32 heavy (non-hydrogen) atoms. The van der Waals surface area contributed by atoms with E-state index in [9.17, 15) is 26.7 Å². The molecule has 0 aromatic carbocycles. The van der Waals surface area contributed by atoms with E-state index >= 15 is 0 Å². The third-order valence-corrected chi connectivity index (χ3v) is 5.26. The quantitative estimate of drug-likeness (QED) is 0.669. The Morgan fingerprint density at radius 2 is 2.00 bits per heavy atom. The van der Waals surface area contributed by atoms with E-state index in [4.69, 9.17) is 4.74 Å². The van der Waals surface area contributed by atoms with Gasteiger partial charge in [0, 0.05) is 37.5 Å². The van der Waals surface area contributed by atoms with Gasteiger partial charge < -0.3 is 15.4 Å². The lowest BCUT2D eigenvalue weighted by Crippen LogP contribution is -2.41. The number of nitrogens with one attached hydrogen (secondary N) is 2. The molecule has 170 valence electrons. The molecule has 0 radical (unpaired) electrons. The number of amides is 1. The molecule has 1 aliphatic heterocycles. The highest BCUT2D eigenvalue weighted by Gasteiger charge is 2.36. The van der Waals surface area contributed by atoms with Crippen molar-refractivity contribution in [3.8, 4) is 0 Å². The van der Waals surface area contributed by atoms with Crippen LogP contribution in [0.5, 0.6) is 0 Å². The zero-order chi connectivity index (χ0) is 23.1. The topological polar surface area (TPSA) is 76.1 Å². The van der Waals surface area contributed by atoms with Crippen molar-refractivity contribution in [1.29, 1.82) is 0 Å². The Hall–Kier alpha value is -3.24. The maximum Gasteiger partial charge on any atom is 0.417 e. The Bertz CT molecular complexity index is 1060. The number of carbonyl (C=O) groups is 1. The first-order valence-electron chi connectivity index (χ1n) is 9.86. The number of pyridine rings is 2. The smallest absolute Gasteiger partial charge is 0.417 e. The molecular weight excluding hydrogens is 435 g/mol. The Morgan fingerprint density at radius 1 is 1.22 bits per heavy atom. The fourth-order valence-corrected chi connectivity index (χ4v) is 3.66. The summed E-state index contributed by atoms with van der Waals surface area (Å²) in [5.74, 6) is -3.24. The minimum atomic E-state index is -4.61. The standard InChI is InChI=1S/C21H19F5N4O2/c1-20(22,23)16-8-11(5-6-28-16)19-30-17-14(3-2-4-15(17)32-19)29-18(31)12-7-13(10-27-9-12)21(24,25)26/h5-10,14,19,30H,2-4H2,1H3,(H,29,31). The molecule has 2 unspecified atom stereocenters. The largest absolute Gasteiger partial charge is 0.469 e. The van der Waals surface area contributed by atoms with Gasteiger partial charge in [0.1, 0.15) is 11.5 Å². The van der Waals surface area contributed by atoms with E-state index in [1.165, 1.54) is 12.3 Å². The number of halogens is 5. The summed E-state index contributed by atoms with van der Waals surface area (Å²) >= 11 is 0. The number of aromatic nitrogens is 2. The predicted octanol–water partition coefficient (Wildman–Crippen LogP) is 4.42. The van der Waals surface area contributed by atoms with Crippen LogP contribution in [-0.2, 0) is 16.8 Å². The minimum Gasteiger partial charge on any atom is -0.469 e. The molecule has 6 nitrogen and oxygen atoms in total. The van der Waals surface area contributed by atoms with E-state index in [1.807, 2.05) is 0 Å². The number of carbonyl (C=O) groups excluding carboxylic acids is 1. The zero-order valence-electron chi connectivity index (χ0n) is 16.8. The van der Waals surface area contributed by atoms with Gasteiger partial charge >= 0.3 is 6.18 Å². The molecule has 4 rings (SSSR count). The van der Waals surface area contributed by atoms with Crippen LogP contribution < -0.4 is 10.6 Å². The number of hydrogen-bond acceptors (Lipinski definition) is 5. The first-order valence-corrected chi connectivity index (χ1v) is 9.86. The van der Waals surface area contributed by atoms with Crippen LogP contribution in [0.2, 0.25) is 0 Å². The van der Waals surface area contributed by atoms with Gasteiger partial charge in [0.25, 0.3) is 11.8 Å². The van der Waals surface area contributed by atoms with Gasteiger partial charge in [0.2, 0.25) is 0 Å². The Morgan fingerprint density at radius 3 is 2.72 bits per heavy atom. The summed E-state index contributed by atoms with van der Waals surface area (Å²) in [6, 6.07) is 3.01. The summed E-state index contributed by atoms with van der Waals surface area (Å²) in [5.41, 5.74) is -0.606. The van der Waals surface area contributed by atoms with E-state index in [2.05, 4.69) is 20.6 Å². The van der Waals surface area contributed by atoms with E-state index < -0.39 is 41.5 Å². The van der Waals surface area contributed by atoms with Gasteiger partial charge in [-0.2, -0.15) is 22.0 Å². The van der Waals surface area contributed by atoms with Gasteiger partial charge in [-0.25, -0.2) is 0 Å². The van der Waals surface area contributed by atoms with Gasteiger partial charge in [0.05, 0.1) is 22.9 Å². The van der Waals surface area contributed by atoms with Crippen LogP contribution in [0, 0.1) is 0 Å². The van der Waals surface area contributed by atoms with E-state index in [-0.39, 0.29) is 5.56 Å². The maximum atomic E-state index is 13.6. The molecular formula is C21H19F5N4O2. The molecule has 0 bridgehead atoms. The van der Waals surface area contributed by atoms with Crippen molar-refractivity contribution < 1.29 is 31.5 Å². The van der Waals surface area contributed by atoms with Crippen LogP contribution in [0.3, 0.4) is 0 Å². The van der Waals surface area contributed by atoms with Gasteiger partial charge in [-0.15, -0.1) is 0 Å². The molecule has 2 aromatic rings. The lowest BCUT2D eigenvalue weighted by atomic mass is 9.97. The monoisotopic (exact) mass is 454 g/mol. The number of nitrogens with zero attached hydrogens (tertiary/aromatic N) is 2. The van der Waals surface area contributed by atoms with Crippen molar-refractivity contribution in [3.63, 3.8) is 0 Å². The fourth-order valence-electron chi connectivity index (χ4n) is 3.66. The molecule has 0 fully saturated rings. The molecule has 0 saturated heterocycles. The van der Waals surface area contributed by atoms with Crippen molar-refractivity contribution in [2.75, 3.05) is 0 Å². The van der Waals surface area contributed by atoms with Crippen LogP contribution >= 0.6 is 0 Å². The summed E-state index contributed by atoms with van der Waals surface area (Å²) in [7, 11) is 0. The second-order valence-corrected chi connectivity index (χ2v) is 7.72. The summed E-state index contributed by atoms with van der Waals surface area (Å²) in [6.45, 7) is 0.750. The van der Waals surface area contributed by atoms with Crippen molar-refractivity contribution >= 4 is 5.91 Å². The molecule has 1 aliphatic carbocycles. The normalized spacial score (nSPS) is 20.9. The van der Waals surface area contributed by atoms with E-state index in [0.717, 1.165) is 19.2 Å². The minimum absolute atomic E-state index is 0.216. The molecule has 2 aliphatic rings. The first kappa shape index (κ1) is 22.0. The van der Waals surface area contributed by atoms with Crippen LogP contribution in [-0.4, -0.2) is 21.9 Å². The average Bonchev–Trinajstić information content (AvgIpc) is 3.18. The van der Waals surface area contributed by atoms with Crippen LogP contribution in [0.15, 0.2) is 48.2 Å². The number of hydrogen-bond donors (Lipinski definition) is 2. The molecule has 3 heterocycles. The molecule has 2 N–H and O–H groups in total. The lowest BCUT2D eigenvalue weighted by Gasteiger charge is -2.24. The SMILES string of the molecule is CC(F)(F)c1cc(C2NC3=C(CCCC3NC(=O)c3cncc(C(F)(F)F)c3)O2)ccn1. The summed E-state index contributed by atoms with van der Waals surface area (Å²) in [6.07, 6.45) is -0.580. The molecule has 0 saturated carbocycles. The van der Waals surface area contributed by atoms with Crippen LogP contribution in [0.25, 0.3) is 0 Å². The molecule has 1 amide bonds. The highest BCUT2D eigenvalue weighted by atomic mass is 19.4. The maximum absolute atomic E-state index is 13.6. The fraction of sp³-hybridized carbons (Fsp3) is 0.381. The lowest BCUT2D eigenvalue weighted by molar-refractivity contribution is -0.137. The van der Waals surface area contributed by atoms with Crippen LogP contribution in [0.1, 0.15) is 59.6 Å². The number of ether oxygens (including phenoxy) is 1. The van der Waals surface area contributed by atoms with Gasteiger partial charge in [-0.1, -0.05) is 0 Å². The van der Waals surface area contributed by atoms with Crippen molar-refractivity contribution in [3.05, 3.63) is 70.6 Å². The summed E-state index contributed by atoms with van der Waals surface area (Å²) in [5, 5.41) is 5.82. The average molecular weight is 454 g/mol. The highest BCUT2D eigenvalue weighted by molar-refractivity contribution is 5.94. The van der Waals surface area contributed by atoms with Gasteiger partial charge in [-0.05, 0) is 31.0 Å². The third-order valence-electron chi connectivity index (χ3n) is 5.26. The zero-order valence-corrected chi connectivity index (χ0v) is 16.8. The van der Waals surface area contributed by atoms with E-state index in [0.29, 0.717) is 42.5 Å². The highest BCUT2D eigenvalue weighted by Crippen LogP contribution is 2.37. The van der Waals surface area contributed by atoms with Crippen LogP contribution in [0.4, 0.5) is 22.0 Å². The summed E-state index contributed by atoms with van der Waals surface area (Å²) in [4.78, 5) is 19.8. The Kier molecular flexibility index (Phi) is 5.51. The second kappa shape index (κ2) is 8.03. The molecule has 0 spiro atoms. The van der Waals surface area contributed by atoms with Gasteiger partial charge in [0.15, 0.2) is 6.23 Å². The predicted molar refractivity (Wildman–Crippen MR) is 102 cm³/mol. The second-order valence-electron chi connectivity index (χ2n) is 7.72. The van der Waals surface area contributed by atoms with Gasteiger partial charge in [-0.3, -0.25) is 14.8 Å². The number of rotatable bonds is 4. The molecule has 11 heteroatoms. The number of allylic oxidation sites excluding steroid dienone is 1. The summed E-state index contributed by atoms with van der Waals surface area (Å²) < 4.78 is 71.9. The molecule has 2 aromatic heterocycles. The van der Waals surface area contributed by atoms with Crippen molar-refractivity contribution in [2.24, 2.45) is 0 Å². The first-order chi connectivity index (χ1) is 15.0. The van der Waals surface area contributed by atoms with Crippen molar-refractivity contribution in [1.82, 2.24) is 20.6 Å². The number of alkyl halides is 5. The van der Waals surface area contributed by atoms with Crippen molar-refractivity contribution in [2.45, 2.75) is 50.6 Å². The Balaban J connectivity index is 1.50. The molecule has 2 atom stereocenters. The Labute approximate surface area is 179 Å². The van der Waals surface area contributed by atoms with E-state index in [1.54, 1.807) is 6.07 Å². The third kappa shape index (κ3) is 4.51.